The van der Waals surface area contributed by atoms with Crippen LogP contribution in [0, 0.1) is 11.3 Å². The Kier molecular flexibility index (Phi) is 6.61. The maximum atomic E-state index is 12.2. The molecule has 0 radical (unpaired) electrons. The number of anilines is 1. The summed E-state index contributed by atoms with van der Waals surface area (Å²) in [6.07, 6.45) is 1.39. The van der Waals surface area contributed by atoms with Crippen molar-refractivity contribution in [3.05, 3.63) is 63.6 Å². The van der Waals surface area contributed by atoms with E-state index in [0.717, 1.165) is 0 Å². The first-order chi connectivity index (χ1) is 12.4. The number of nitrogens with zero attached hydrogens (tertiary/aromatic N) is 1. The fourth-order valence-electron chi connectivity index (χ4n) is 1.95. The van der Waals surface area contributed by atoms with E-state index in [-0.39, 0.29) is 5.57 Å². The van der Waals surface area contributed by atoms with Crippen LogP contribution < -0.4 is 10.1 Å². The number of amides is 1. The van der Waals surface area contributed by atoms with E-state index < -0.39 is 18.5 Å². The number of carboxylic acids is 1. The van der Waals surface area contributed by atoms with Gasteiger partial charge in [-0.2, -0.15) is 5.26 Å². The zero-order valence-corrected chi connectivity index (χ0v) is 14.7. The summed E-state index contributed by atoms with van der Waals surface area (Å²) < 4.78 is 5.01. The molecule has 0 saturated carbocycles. The SMILES string of the molecule is N#C/C(=C\c1ccc(OCC(=O)O)cc1)C(=O)Nc1cc(Cl)cc(Cl)c1. The molecule has 2 aromatic rings. The van der Waals surface area contributed by atoms with Gasteiger partial charge in [0.05, 0.1) is 0 Å². The first kappa shape index (κ1) is 19.3. The predicted octanol–water partition coefficient (Wildman–Crippen LogP) is 4.00. The van der Waals surface area contributed by atoms with Gasteiger partial charge in [0, 0.05) is 15.7 Å². The van der Waals surface area contributed by atoms with Crippen LogP contribution in [-0.2, 0) is 9.59 Å². The van der Waals surface area contributed by atoms with Crippen LogP contribution >= 0.6 is 23.2 Å². The number of hydrogen-bond acceptors (Lipinski definition) is 4. The summed E-state index contributed by atoms with van der Waals surface area (Å²) in [4.78, 5) is 22.7. The summed E-state index contributed by atoms with van der Waals surface area (Å²) in [5.74, 6) is -1.34. The maximum absolute atomic E-state index is 12.2. The van der Waals surface area contributed by atoms with Gasteiger partial charge in [-0.05, 0) is 42.0 Å². The minimum absolute atomic E-state index is 0.125. The molecule has 0 heterocycles. The van der Waals surface area contributed by atoms with Gasteiger partial charge in [0.1, 0.15) is 17.4 Å². The molecule has 2 rings (SSSR count). The molecular weight excluding hydrogens is 379 g/mol. The molecule has 0 saturated heterocycles. The van der Waals surface area contributed by atoms with Gasteiger partial charge in [-0.1, -0.05) is 35.3 Å². The Bertz CT molecular complexity index is 882. The Morgan fingerprint density at radius 2 is 1.77 bits per heavy atom. The van der Waals surface area contributed by atoms with Crippen LogP contribution in [0.15, 0.2) is 48.0 Å². The topological polar surface area (TPSA) is 99.4 Å². The van der Waals surface area contributed by atoms with Gasteiger partial charge in [0.25, 0.3) is 5.91 Å². The van der Waals surface area contributed by atoms with Crippen LogP contribution in [0.25, 0.3) is 6.08 Å². The normalized spacial score (nSPS) is 10.7. The molecule has 8 heteroatoms. The minimum atomic E-state index is -1.08. The Hall–Kier alpha value is -3.01. The molecule has 26 heavy (non-hydrogen) atoms. The van der Waals surface area contributed by atoms with Crippen molar-refractivity contribution >= 4 is 46.8 Å². The van der Waals surface area contributed by atoms with Gasteiger partial charge in [0.2, 0.25) is 0 Å². The Morgan fingerprint density at radius 1 is 1.15 bits per heavy atom. The zero-order valence-electron chi connectivity index (χ0n) is 13.2. The molecule has 0 aromatic heterocycles. The third-order valence-corrected chi connectivity index (χ3v) is 3.48. The van der Waals surface area contributed by atoms with Crippen molar-refractivity contribution in [1.82, 2.24) is 0 Å². The molecule has 0 unspecified atom stereocenters. The second-order valence-electron chi connectivity index (χ2n) is 5.03. The lowest BCUT2D eigenvalue weighted by molar-refractivity contribution is -0.139. The highest BCUT2D eigenvalue weighted by molar-refractivity contribution is 6.35. The van der Waals surface area contributed by atoms with Crippen LogP contribution in [-0.4, -0.2) is 23.6 Å². The number of nitrogens with one attached hydrogen (secondary N) is 1. The van der Waals surface area contributed by atoms with Crippen LogP contribution in [0.3, 0.4) is 0 Å². The van der Waals surface area contributed by atoms with Crippen LogP contribution in [0.4, 0.5) is 5.69 Å². The number of halogens is 2. The second-order valence-corrected chi connectivity index (χ2v) is 5.91. The van der Waals surface area contributed by atoms with Crippen molar-refractivity contribution in [1.29, 1.82) is 5.26 Å². The smallest absolute Gasteiger partial charge is 0.341 e. The van der Waals surface area contributed by atoms with E-state index in [0.29, 0.717) is 27.0 Å². The zero-order chi connectivity index (χ0) is 19.1. The third kappa shape index (κ3) is 5.81. The molecule has 0 spiro atoms. The van der Waals surface area contributed by atoms with Gasteiger partial charge in [0.15, 0.2) is 6.61 Å². The fraction of sp³-hybridized carbons (Fsp3) is 0.0556. The first-order valence-corrected chi connectivity index (χ1v) is 7.97. The Morgan fingerprint density at radius 3 is 2.31 bits per heavy atom. The summed E-state index contributed by atoms with van der Waals surface area (Å²) in [5, 5.41) is 21.0. The van der Waals surface area contributed by atoms with Crippen molar-refractivity contribution in [3.8, 4) is 11.8 Å². The van der Waals surface area contributed by atoms with E-state index >= 15 is 0 Å². The predicted molar refractivity (Wildman–Crippen MR) is 98.3 cm³/mol. The molecular formula is C18H12Cl2N2O4. The molecule has 0 atom stereocenters. The van der Waals surface area contributed by atoms with E-state index in [9.17, 15) is 14.9 Å². The molecule has 2 N–H and O–H groups in total. The standard InChI is InChI=1S/C18H12Cl2N2O4/c19-13-6-14(20)8-15(7-13)22-18(25)12(9-21)5-11-1-3-16(4-2-11)26-10-17(23)24/h1-8H,10H2,(H,22,25)(H,23,24)/b12-5+. The lowest BCUT2D eigenvalue weighted by atomic mass is 10.1. The summed E-state index contributed by atoms with van der Waals surface area (Å²) >= 11 is 11.7. The lowest BCUT2D eigenvalue weighted by Crippen LogP contribution is -2.13. The van der Waals surface area contributed by atoms with Gasteiger partial charge in [-0.3, -0.25) is 4.79 Å². The number of ether oxygens (including phenoxy) is 1. The molecule has 6 nitrogen and oxygen atoms in total. The minimum Gasteiger partial charge on any atom is -0.482 e. The number of nitriles is 1. The molecule has 0 aliphatic rings. The summed E-state index contributed by atoms with van der Waals surface area (Å²) in [6.45, 7) is -0.455. The maximum Gasteiger partial charge on any atom is 0.341 e. The Balaban J connectivity index is 2.12. The van der Waals surface area contributed by atoms with Crippen molar-refractivity contribution < 1.29 is 19.4 Å². The van der Waals surface area contributed by atoms with Crippen molar-refractivity contribution in [2.24, 2.45) is 0 Å². The van der Waals surface area contributed by atoms with E-state index in [1.165, 1.54) is 24.3 Å². The van der Waals surface area contributed by atoms with Crippen molar-refractivity contribution in [3.63, 3.8) is 0 Å². The average molecular weight is 391 g/mol. The number of carboxylic acid groups (broad SMARTS) is 1. The van der Waals surface area contributed by atoms with Gasteiger partial charge in [-0.25, -0.2) is 4.79 Å². The van der Waals surface area contributed by atoms with Crippen molar-refractivity contribution in [2.75, 3.05) is 11.9 Å². The highest BCUT2D eigenvalue weighted by atomic mass is 35.5. The highest BCUT2D eigenvalue weighted by Gasteiger charge is 2.10. The summed E-state index contributed by atoms with van der Waals surface area (Å²) in [6, 6.07) is 12.6. The van der Waals surface area contributed by atoms with E-state index in [1.807, 2.05) is 6.07 Å². The van der Waals surface area contributed by atoms with E-state index in [4.69, 9.17) is 33.0 Å². The van der Waals surface area contributed by atoms with Crippen LogP contribution in [0.1, 0.15) is 5.56 Å². The highest BCUT2D eigenvalue weighted by Crippen LogP contribution is 2.23. The molecule has 1 amide bonds. The molecule has 0 bridgehead atoms. The second kappa shape index (κ2) is 8.90. The van der Waals surface area contributed by atoms with Gasteiger partial charge >= 0.3 is 5.97 Å². The number of hydrogen-bond donors (Lipinski definition) is 2. The monoisotopic (exact) mass is 390 g/mol. The Labute approximate surface area is 159 Å². The van der Waals surface area contributed by atoms with E-state index in [1.54, 1.807) is 24.3 Å². The van der Waals surface area contributed by atoms with Crippen LogP contribution in [0.2, 0.25) is 10.0 Å². The van der Waals surface area contributed by atoms with E-state index in [2.05, 4.69) is 5.32 Å². The molecule has 0 aliphatic heterocycles. The first-order valence-electron chi connectivity index (χ1n) is 7.21. The van der Waals surface area contributed by atoms with Crippen molar-refractivity contribution in [2.45, 2.75) is 0 Å². The van der Waals surface area contributed by atoms with Gasteiger partial charge < -0.3 is 15.2 Å². The number of rotatable bonds is 6. The average Bonchev–Trinajstić information content (AvgIpc) is 2.57. The number of aliphatic carboxylic acids is 1. The van der Waals surface area contributed by atoms with Crippen LogP contribution in [0.5, 0.6) is 5.75 Å². The number of carbonyl (C=O) groups excluding carboxylic acids is 1. The molecule has 0 aliphatic carbocycles. The summed E-state index contributed by atoms with van der Waals surface area (Å²) in [5.41, 5.74) is 0.815. The number of carbonyl (C=O) groups is 2. The molecule has 132 valence electrons. The quantitative estimate of drug-likeness (QED) is 0.573. The molecule has 2 aromatic carbocycles. The fourth-order valence-corrected chi connectivity index (χ4v) is 2.47. The largest absolute Gasteiger partial charge is 0.482 e. The number of benzene rings is 2. The lowest BCUT2D eigenvalue weighted by Gasteiger charge is -2.06. The third-order valence-electron chi connectivity index (χ3n) is 3.04. The van der Waals surface area contributed by atoms with Gasteiger partial charge in [-0.15, -0.1) is 0 Å². The summed E-state index contributed by atoms with van der Waals surface area (Å²) in [7, 11) is 0. The molecule has 0 fully saturated rings.